The molecular formula is C19H26N2O3S. The summed E-state index contributed by atoms with van der Waals surface area (Å²) in [5.74, 6) is 1.06. The highest BCUT2D eigenvalue weighted by Crippen LogP contribution is 2.28. The molecular weight excluding hydrogens is 336 g/mol. The smallest absolute Gasteiger partial charge is 0.287 e. The Bertz CT molecular complexity index is 735. The number of benzene rings is 1. The molecule has 1 saturated heterocycles. The standard InChI is InChI=1S/C19H26N2O3S/c1-19(2,21-8-10-23-11-9-21)13-20-18(22)17-15(12-25-3)14-6-4-5-7-16(14)24-17/h4-7H,8-13H2,1-3H3,(H,20,22). The lowest BCUT2D eigenvalue weighted by Gasteiger charge is -2.40. The second-order valence-electron chi connectivity index (χ2n) is 6.93. The molecule has 0 radical (unpaired) electrons. The van der Waals surface area contributed by atoms with Gasteiger partial charge in [-0.05, 0) is 26.2 Å². The van der Waals surface area contributed by atoms with E-state index in [9.17, 15) is 4.79 Å². The third kappa shape index (κ3) is 4.02. The summed E-state index contributed by atoms with van der Waals surface area (Å²) in [6.45, 7) is 8.16. The minimum Gasteiger partial charge on any atom is -0.451 e. The Hall–Kier alpha value is -1.50. The van der Waals surface area contributed by atoms with E-state index in [0.717, 1.165) is 48.6 Å². The highest BCUT2D eigenvalue weighted by atomic mass is 32.2. The van der Waals surface area contributed by atoms with Crippen LogP contribution in [0.3, 0.4) is 0 Å². The van der Waals surface area contributed by atoms with Crippen molar-refractivity contribution >= 4 is 28.6 Å². The van der Waals surface area contributed by atoms with Crippen molar-refractivity contribution in [3.8, 4) is 0 Å². The van der Waals surface area contributed by atoms with Crippen LogP contribution in [-0.2, 0) is 10.5 Å². The van der Waals surface area contributed by atoms with E-state index < -0.39 is 0 Å². The number of para-hydroxylation sites is 1. The molecule has 1 aliphatic heterocycles. The molecule has 0 atom stereocenters. The third-order valence-electron chi connectivity index (χ3n) is 4.74. The van der Waals surface area contributed by atoms with Gasteiger partial charge in [0.05, 0.1) is 13.2 Å². The summed E-state index contributed by atoms with van der Waals surface area (Å²) < 4.78 is 11.3. The first kappa shape index (κ1) is 18.3. The fourth-order valence-electron chi connectivity index (χ4n) is 3.23. The van der Waals surface area contributed by atoms with Crippen molar-refractivity contribution in [3.05, 3.63) is 35.6 Å². The normalized spacial score (nSPS) is 16.3. The van der Waals surface area contributed by atoms with Crippen LogP contribution in [0.4, 0.5) is 0 Å². The summed E-state index contributed by atoms with van der Waals surface area (Å²) in [5.41, 5.74) is 1.62. The van der Waals surface area contributed by atoms with Gasteiger partial charge in [0.15, 0.2) is 5.76 Å². The predicted molar refractivity (Wildman–Crippen MR) is 102 cm³/mol. The molecule has 5 nitrogen and oxygen atoms in total. The summed E-state index contributed by atoms with van der Waals surface area (Å²) in [7, 11) is 0. The van der Waals surface area contributed by atoms with E-state index in [-0.39, 0.29) is 11.4 Å². The molecule has 2 aromatic rings. The first-order valence-electron chi connectivity index (χ1n) is 8.63. The largest absolute Gasteiger partial charge is 0.451 e. The van der Waals surface area contributed by atoms with Gasteiger partial charge in [0.1, 0.15) is 5.58 Å². The highest BCUT2D eigenvalue weighted by molar-refractivity contribution is 7.97. The Kier molecular flexibility index (Phi) is 5.71. The lowest BCUT2D eigenvalue weighted by atomic mass is 10.0. The number of fused-ring (bicyclic) bond motifs is 1. The van der Waals surface area contributed by atoms with Gasteiger partial charge in [0.25, 0.3) is 5.91 Å². The van der Waals surface area contributed by atoms with Crippen LogP contribution in [0.15, 0.2) is 28.7 Å². The highest BCUT2D eigenvalue weighted by Gasteiger charge is 2.29. The summed E-state index contributed by atoms with van der Waals surface area (Å²) in [6, 6.07) is 7.83. The maximum Gasteiger partial charge on any atom is 0.287 e. The van der Waals surface area contributed by atoms with E-state index >= 15 is 0 Å². The maximum absolute atomic E-state index is 12.8. The van der Waals surface area contributed by atoms with Crippen molar-refractivity contribution in [1.29, 1.82) is 0 Å². The van der Waals surface area contributed by atoms with Crippen LogP contribution in [0.1, 0.15) is 30.0 Å². The molecule has 2 heterocycles. The quantitative estimate of drug-likeness (QED) is 0.856. The molecule has 1 aromatic carbocycles. The molecule has 6 heteroatoms. The van der Waals surface area contributed by atoms with Crippen molar-refractivity contribution in [1.82, 2.24) is 10.2 Å². The van der Waals surface area contributed by atoms with Gasteiger partial charge in [0, 0.05) is 41.9 Å². The van der Waals surface area contributed by atoms with E-state index in [4.69, 9.17) is 9.15 Å². The SMILES string of the molecule is CSCc1c(C(=O)NCC(C)(C)N2CCOCC2)oc2ccccc12. The Morgan fingerprint density at radius 2 is 2.00 bits per heavy atom. The van der Waals surface area contributed by atoms with Crippen LogP contribution in [0, 0.1) is 0 Å². The maximum atomic E-state index is 12.8. The second-order valence-corrected chi connectivity index (χ2v) is 7.80. The van der Waals surface area contributed by atoms with Crippen LogP contribution < -0.4 is 5.32 Å². The Balaban J connectivity index is 1.74. The molecule has 1 aromatic heterocycles. The van der Waals surface area contributed by atoms with E-state index in [1.54, 1.807) is 11.8 Å². The lowest BCUT2D eigenvalue weighted by molar-refractivity contribution is -0.00929. The van der Waals surface area contributed by atoms with Crippen molar-refractivity contribution in [2.45, 2.75) is 25.1 Å². The molecule has 0 unspecified atom stereocenters. The van der Waals surface area contributed by atoms with Gasteiger partial charge in [-0.25, -0.2) is 0 Å². The first-order chi connectivity index (χ1) is 12.0. The topological polar surface area (TPSA) is 54.7 Å². The van der Waals surface area contributed by atoms with Crippen LogP contribution in [0.5, 0.6) is 0 Å². The molecule has 1 fully saturated rings. The molecule has 0 saturated carbocycles. The summed E-state index contributed by atoms with van der Waals surface area (Å²) in [6.07, 6.45) is 2.03. The number of carbonyl (C=O) groups is 1. The summed E-state index contributed by atoms with van der Waals surface area (Å²) in [4.78, 5) is 15.1. The van der Waals surface area contributed by atoms with Crippen LogP contribution in [0.25, 0.3) is 11.0 Å². The number of ether oxygens (including phenoxy) is 1. The average Bonchev–Trinajstić information content (AvgIpc) is 3.00. The number of hydrogen-bond acceptors (Lipinski definition) is 5. The van der Waals surface area contributed by atoms with Crippen molar-refractivity contribution in [3.63, 3.8) is 0 Å². The van der Waals surface area contributed by atoms with Gasteiger partial charge in [-0.1, -0.05) is 18.2 Å². The van der Waals surface area contributed by atoms with E-state index in [0.29, 0.717) is 12.3 Å². The molecule has 1 aliphatic rings. The number of morpholine rings is 1. The second kappa shape index (κ2) is 7.81. The van der Waals surface area contributed by atoms with E-state index in [2.05, 4.69) is 24.1 Å². The predicted octanol–water partition coefficient (Wildman–Crippen LogP) is 3.14. The lowest BCUT2D eigenvalue weighted by Crippen LogP contribution is -2.55. The average molecular weight is 362 g/mol. The monoisotopic (exact) mass is 362 g/mol. The fourth-order valence-corrected chi connectivity index (χ4v) is 3.80. The summed E-state index contributed by atoms with van der Waals surface area (Å²) in [5, 5.41) is 4.09. The molecule has 1 N–H and O–H groups in total. The molecule has 25 heavy (non-hydrogen) atoms. The van der Waals surface area contributed by atoms with E-state index in [1.165, 1.54) is 0 Å². The number of nitrogens with zero attached hydrogens (tertiary/aromatic N) is 1. The third-order valence-corrected chi connectivity index (χ3v) is 5.32. The summed E-state index contributed by atoms with van der Waals surface area (Å²) >= 11 is 1.69. The number of hydrogen-bond donors (Lipinski definition) is 1. The molecule has 3 rings (SSSR count). The first-order valence-corrected chi connectivity index (χ1v) is 10.0. The van der Waals surface area contributed by atoms with Crippen LogP contribution in [-0.4, -0.2) is 55.4 Å². The van der Waals surface area contributed by atoms with Gasteiger partial charge in [-0.15, -0.1) is 0 Å². The van der Waals surface area contributed by atoms with Gasteiger partial charge in [-0.2, -0.15) is 11.8 Å². The molecule has 1 amide bonds. The van der Waals surface area contributed by atoms with Crippen molar-refractivity contribution in [2.24, 2.45) is 0 Å². The van der Waals surface area contributed by atoms with Crippen LogP contribution in [0.2, 0.25) is 0 Å². The molecule has 136 valence electrons. The number of thioether (sulfide) groups is 1. The Morgan fingerprint density at radius 3 is 2.72 bits per heavy atom. The van der Waals surface area contributed by atoms with Gasteiger partial charge >= 0.3 is 0 Å². The number of nitrogens with one attached hydrogen (secondary N) is 1. The number of furan rings is 1. The zero-order valence-electron chi connectivity index (χ0n) is 15.1. The Labute approximate surface area is 153 Å². The van der Waals surface area contributed by atoms with Gasteiger partial charge < -0.3 is 14.5 Å². The fraction of sp³-hybridized carbons (Fsp3) is 0.526. The number of carbonyl (C=O) groups excluding carboxylic acids is 1. The molecule has 0 spiro atoms. The van der Waals surface area contributed by atoms with Gasteiger partial charge in [0.2, 0.25) is 0 Å². The zero-order chi connectivity index (χ0) is 17.9. The Morgan fingerprint density at radius 1 is 1.28 bits per heavy atom. The number of rotatable bonds is 6. The zero-order valence-corrected chi connectivity index (χ0v) is 15.9. The minimum absolute atomic E-state index is 0.120. The molecule has 0 bridgehead atoms. The van der Waals surface area contributed by atoms with Gasteiger partial charge in [-0.3, -0.25) is 9.69 Å². The van der Waals surface area contributed by atoms with Crippen molar-refractivity contribution < 1.29 is 13.9 Å². The minimum atomic E-state index is -0.137. The van der Waals surface area contributed by atoms with E-state index in [1.807, 2.05) is 30.5 Å². The number of amides is 1. The molecule has 0 aliphatic carbocycles. The van der Waals surface area contributed by atoms with Crippen LogP contribution >= 0.6 is 11.8 Å². The van der Waals surface area contributed by atoms with Crippen molar-refractivity contribution in [2.75, 3.05) is 39.1 Å².